The van der Waals surface area contributed by atoms with E-state index in [1.165, 1.54) is 11.3 Å². The maximum absolute atomic E-state index is 13.6. The number of rotatable bonds is 6. The Labute approximate surface area is 189 Å². The molecule has 0 aliphatic carbocycles. The minimum Gasteiger partial charge on any atom is -0.492 e. The van der Waals surface area contributed by atoms with Crippen molar-refractivity contribution in [3.05, 3.63) is 72.6 Å². The van der Waals surface area contributed by atoms with Crippen LogP contribution in [0.15, 0.2) is 66.9 Å². The van der Waals surface area contributed by atoms with Gasteiger partial charge in [-0.1, -0.05) is 35.6 Å². The number of aromatic nitrogens is 2. The molecule has 0 radical (unpaired) electrons. The molecule has 162 valence electrons. The van der Waals surface area contributed by atoms with Gasteiger partial charge in [-0.25, -0.2) is 4.98 Å². The van der Waals surface area contributed by atoms with Crippen LogP contribution in [0, 0.1) is 0 Å². The Morgan fingerprint density at radius 3 is 2.78 bits per heavy atom. The minimum atomic E-state index is -0.785. The first-order valence-corrected chi connectivity index (χ1v) is 11.2. The van der Waals surface area contributed by atoms with Crippen molar-refractivity contribution >= 4 is 32.6 Å². The number of fused-ring (bicyclic) bond motifs is 2. The van der Waals surface area contributed by atoms with E-state index in [0.717, 1.165) is 15.9 Å². The fourth-order valence-electron chi connectivity index (χ4n) is 3.51. The molecule has 0 fully saturated rings. The highest BCUT2D eigenvalue weighted by atomic mass is 32.1. The standard InChI is InChI=1S/C24H21N3O4S/c1-2-29-19-11-7-12-21-22(19)26-24(32-21)27(14-16-8-5-6-13-25-16)23(28)20-15-30-17-9-3-4-10-18(17)31-20/h3-13,20H,2,14-15H2,1H3. The fourth-order valence-corrected chi connectivity index (χ4v) is 4.50. The van der Waals surface area contributed by atoms with Crippen molar-refractivity contribution in [1.82, 2.24) is 9.97 Å². The van der Waals surface area contributed by atoms with Gasteiger partial charge in [0.1, 0.15) is 17.9 Å². The van der Waals surface area contributed by atoms with Crippen LogP contribution in [-0.2, 0) is 11.3 Å². The van der Waals surface area contributed by atoms with Gasteiger partial charge in [0, 0.05) is 6.20 Å². The second kappa shape index (κ2) is 8.84. The smallest absolute Gasteiger partial charge is 0.273 e. The van der Waals surface area contributed by atoms with Crippen molar-refractivity contribution in [2.24, 2.45) is 0 Å². The summed E-state index contributed by atoms with van der Waals surface area (Å²) in [5, 5.41) is 0.560. The lowest BCUT2D eigenvalue weighted by molar-refractivity contribution is -0.127. The molecule has 0 spiro atoms. The first-order chi connectivity index (χ1) is 15.7. The Hall–Kier alpha value is -3.65. The summed E-state index contributed by atoms with van der Waals surface area (Å²) in [7, 11) is 0. The van der Waals surface area contributed by atoms with E-state index in [4.69, 9.17) is 19.2 Å². The molecular formula is C24H21N3O4S. The number of anilines is 1. The average molecular weight is 448 g/mol. The summed E-state index contributed by atoms with van der Waals surface area (Å²) in [6.45, 7) is 2.87. The highest BCUT2D eigenvalue weighted by Crippen LogP contribution is 2.36. The molecule has 8 heteroatoms. The van der Waals surface area contributed by atoms with Crippen molar-refractivity contribution in [3.63, 3.8) is 0 Å². The number of para-hydroxylation sites is 3. The lowest BCUT2D eigenvalue weighted by atomic mass is 10.2. The first kappa shape index (κ1) is 20.3. The van der Waals surface area contributed by atoms with Gasteiger partial charge < -0.3 is 14.2 Å². The Morgan fingerprint density at radius 2 is 1.97 bits per heavy atom. The number of hydrogen-bond acceptors (Lipinski definition) is 7. The zero-order chi connectivity index (χ0) is 21.9. The third-order valence-corrected chi connectivity index (χ3v) is 6.04. The summed E-state index contributed by atoms with van der Waals surface area (Å²) in [5.74, 6) is 1.65. The molecule has 2 aromatic carbocycles. The SMILES string of the molecule is CCOc1cccc2sc(N(Cc3ccccn3)C(=O)C3COc4ccccc4O3)nc12. The van der Waals surface area contributed by atoms with Crippen molar-refractivity contribution in [2.75, 3.05) is 18.1 Å². The Morgan fingerprint density at radius 1 is 1.12 bits per heavy atom. The monoisotopic (exact) mass is 447 g/mol. The van der Waals surface area contributed by atoms with Crippen molar-refractivity contribution in [2.45, 2.75) is 19.6 Å². The van der Waals surface area contributed by atoms with Crippen LogP contribution in [0.5, 0.6) is 17.2 Å². The van der Waals surface area contributed by atoms with Gasteiger partial charge in [-0.3, -0.25) is 14.7 Å². The van der Waals surface area contributed by atoms with E-state index in [-0.39, 0.29) is 19.1 Å². The summed E-state index contributed by atoms with van der Waals surface area (Å²) in [5.41, 5.74) is 1.49. The van der Waals surface area contributed by atoms with Gasteiger partial charge in [0.15, 0.2) is 16.6 Å². The number of pyridine rings is 1. The van der Waals surface area contributed by atoms with Gasteiger partial charge in [0.05, 0.1) is 23.5 Å². The van der Waals surface area contributed by atoms with Gasteiger partial charge in [0.25, 0.3) is 5.91 Å². The first-order valence-electron chi connectivity index (χ1n) is 10.3. The van der Waals surface area contributed by atoms with Gasteiger partial charge in [-0.15, -0.1) is 0 Å². The molecule has 0 N–H and O–H groups in total. The summed E-state index contributed by atoms with van der Waals surface area (Å²) < 4.78 is 18.4. The van der Waals surface area contributed by atoms with Gasteiger partial charge in [-0.2, -0.15) is 0 Å². The highest BCUT2D eigenvalue weighted by Gasteiger charge is 2.33. The van der Waals surface area contributed by atoms with Crippen LogP contribution in [0.4, 0.5) is 5.13 Å². The maximum Gasteiger partial charge on any atom is 0.273 e. The van der Waals surface area contributed by atoms with Gasteiger partial charge in [-0.05, 0) is 43.3 Å². The molecule has 32 heavy (non-hydrogen) atoms. The second-order valence-corrected chi connectivity index (χ2v) is 8.15. The number of carbonyl (C=O) groups excluding carboxylic acids is 1. The molecule has 0 bridgehead atoms. The summed E-state index contributed by atoms with van der Waals surface area (Å²) in [4.78, 5) is 24.4. The maximum atomic E-state index is 13.6. The van der Waals surface area contributed by atoms with Gasteiger partial charge in [0.2, 0.25) is 6.10 Å². The van der Waals surface area contributed by atoms with Crippen LogP contribution in [0.1, 0.15) is 12.6 Å². The van der Waals surface area contributed by atoms with E-state index in [9.17, 15) is 4.79 Å². The molecule has 4 aromatic rings. The molecule has 1 aliphatic heterocycles. The lowest BCUT2D eigenvalue weighted by Gasteiger charge is -2.29. The number of amides is 1. The van der Waals surface area contributed by atoms with Gasteiger partial charge >= 0.3 is 0 Å². The molecule has 0 saturated carbocycles. The van der Waals surface area contributed by atoms with E-state index >= 15 is 0 Å². The number of nitrogens with zero attached hydrogens (tertiary/aromatic N) is 3. The summed E-state index contributed by atoms with van der Waals surface area (Å²) in [6.07, 6.45) is 0.923. The largest absolute Gasteiger partial charge is 0.492 e. The normalized spacial score (nSPS) is 14.8. The Bertz CT molecular complexity index is 1240. The zero-order valence-electron chi connectivity index (χ0n) is 17.4. The van der Waals surface area contributed by atoms with E-state index in [1.54, 1.807) is 17.2 Å². The number of ether oxygens (including phenoxy) is 3. The predicted molar refractivity (Wildman–Crippen MR) is 123 cm³/mol. The molecule has 1 amide bonds. The predicted octanol–water partition coefficient (Wildman–Crippen LogP) is 4.46. The van der Waals surface area contributed by atoms with Crippen molar-refractivity contribution in [1.29, 1.82) is 0 Å². The zero-order valence-corrected chi connectivity index (χ0v) is 18.2. The molecule has 0 saturated heterocycles. The topological polar surface area (TPSA) is 73.8 Å². The number of hydrogen-bond donors (Lipinski definition) is 0. The molecule has 1 atom stereocenters. The summed E-state index contributed by atoms with van der Waals surface area (Å²) in [6, 6.07) is 18.7. The third kappa shape index (κ3) is 3.97. The Balaban J connectivity index is 1.50. The van der Waals surface area contributed by atoms with E-state index < -0.39 is 6.10 Å². The quantitative estimate of drug-likeness (QED) is 0.434. The van der Waals surface area contributed by atoms with Crippen LogP contribution in [0.2, 0.25) is 0 Å². The number of thiazole rings is 1. The van der Waals surface area contributed by atoms with E-state index in [1.807, 2.05) is 61.5 Å². The minimum absolute atomic E-state index is 0.129. The molecule has 5 rings (SSSR count). The number of benzene rings is 2. The molecule has 7 nitrogen and oxygen atoms in total. The molecule has 3 heterocycles. The fraction of sp³-hybridized carbons (Fsp3) is 0.208. The summed E-state index contributed by atoms with van der Waals surface area (Å²) >= 11 is 1.43. The number of carbonyl (C=O) groups is 1. The molecule has 2 aromatic heterocycles. The van der Waals surface area contributed by atoms with Crippen LogP contribution in [0.3, 0.4) is 0 Å². The van der Waals surface area contributed by atoms with Crippen molar-refractivity contribution < 1.29 is 19.0 Å². The van der Waals surface area contributed by atoms with Crippen LogP contribution < -0.4 is 19.1 Å². The molecule has 1 aliphatic rings. The average Bonchev–Trinajstić information content (AvgIpc) is 3.28. The molecular weight excluding hydrogens is 426 g/mol. The van der Waals surface area contributed by atoms with Crippen LogP contribution in [-0.4, -0.2) is 35.2 Å². The van der Waals surface area contributed by atoms with Crippen LogP contribution in [0.25, 0.3) is 10.2 Å². The third-order valence-electron chi connectivity index (χ3n) is 5.00. The van der Waals surface area contributed by atoms with Crippen molar-refractivity contribution in [3.8, 4) is 17.2 Å². The lowest BCUT2D eigenvalue weighted by Crippen LogP contribution is -2.46. The van der Waals surface area contributed by atoms with E-state index in [0.29, 0.717) is 29.0 Å². The van der Waals surface area contributed by atoms with E-state index in [2.05, 4.69) is 4.98 Å². The Kier molecular flexibility index (Phi) is 5.60. The molecule has 1 unspecified atom stereocenters. The van der Waals surface area contributed by atoms with Crippen LogP contribution >= 0.6 is 11.3 Å². The highest BCUT2D eigenvalue weighted by molar-refractivity contribution is 7.22. The second-order valence-electron chi connectivity index (χ2n) is 7.14.